The molecule has 6 heteroatoms. The van der Waals surface area contributed by atoms with E-state index >= 15 is 0 Å². The van der Waals surface area contributed by atoms with E-state index in [4.69, 9.17) is 11.6 Å². The van der Waals surface area contributed by atoms with Crippen molar-refractivity contribution in [3.63, 3.8) is 0 Å². The molecule has 1 heterocycles. The number of anilines is 1. The van der Waals surface area contributed by atoms with Gasteiger partial charge in [0.15, 0.2) is 0 Å². The summed E-state index contributed by atoms with van der Waals surface area (Å²) in [6.45, 7) is 1.55. The first kappa shape index (κ1) is 14.0. The molecule has 0 unspecified atom stereocenters. The molecule has 1 saturated heterocycles. The zero-order valence-electron chi connectivity index (χ0n) is 9.47. The second kappa shape index (κ2) is 5.29. The standard InChI is InChI=1S/C12H12BrClF3N/c13-10-7-8(12(15,16)17)1-2-11(10)18-5-3-9(14)4-6-18/h1-2,7,9H,3-6H2. The van der Waals surface area contributed by atoms with Crippen LogP contribution in [0.1, 0.15) is 18.4 Å². The maximum absolute atomic E-state index is 12.5. The van der Waals surface area contributed by atoms with Crippen LogP contribution < -0.4 is 4.90 Å². The minimum absolute atomic E-state index is 0.175. The molecule has 0 bridgehead atoms. The molecule has 18 heavy (non-hydrogen) atoms. The van der Waals surface area contributed by atoms with Crippen molar-refractivity contribution in [3.05, 3.63) is 28.2 Å². The molecule has 0 aromatic heterocycles. The van der Waals surface area contributed by atoms with Gasteiger partial charge in [-0.1, -0.05) is 0 Å². The number of halogens is 5. The topological polar surface area (TPSA) is 3.24 Å². The van der Waals surface area contributed by atoms with E-state index in [1.165, 1.54) is 6.07 Å². The number of nitrogens with zero attached hydrogens (tertiary/aromatic N) is 1. The zero-order valence-corrected chi connectivity index (χ0v) is 11.8. The second-order valence-corrected chi connectivity index (χ2v) is 5.80. The van der Waals surface area contributed by atoms with Crippen LogP contribution >= 0.6 is 27.5 Å². The van der Waals surface area contributed by atoms with Crippen LogP contribution in [0.5, 0.6) is 0 Å². The third-order valence-corrected chi connectivity index (χ3v) is 4.11. The summed E-state index contributed by atoms with van der Waals surface area (Å²) in [6.07, 6.45) is -2.59. The molecule has 0 aliphatic carbocycles. The third kappa shape index (κ3) is 3.12. The lowest BCUT2D eigenvalue weighted by molar-refractivity contribution is -0.137. The van der Waals surface area contributed by atoms with Gasteiger partial charge in [0.1, 0.15) is 0 Å². The lowest BCUT2D eigenvalue weighted by atomic mass is 10.1. The molecule has 100 valence electrons. The van der Waals surface area contributed by atoms with Gasteiger partial charge in [-0.2, -0.15) is 13.2 Å². The average Bonchev–Trinajstić information content (AvgIpc) is 2.29. The van der Waals surface area contributed by atoms with E-state index in [9.17, 15) is 13.2 Å². The number of piperidine rings is 1. The highest BCUT2D eigenvalue weighted by Crippen LogP contribution is 2.36. The Morgan fingerprint density at radius 1 is 1.22 bits per heavy atom. The van der Waals surface area contributed by atoms with Crippen molar-refractivity contribution >= 4 is 33.2 Å². The Balaban J connectivity index is 2.20. The highest BCUT2D eigenvalue weighted by atomic mass is 79.9. The average molecular weight is 343 g/mol. The van der Waals surface area contributed by atoms with Crippen LogP contribution in [0.2, 0.25) is 0 Å². The summed E-state index contributed by atoms with van der Waals surface area (Å²) in [5, 5.41) is 0.175. The van der Waals surface area contributed by atoms with Crippen LogP contribution in [0.3, 0.4) is 0 Å². The molecule has 1 fully saturated rings. The van der Waals surface area contributed by atoms with E-state index in [0.29, 0.717) is 4.47 Å². The predicted molar refractivity (Wildman–Crippen MR) is 70.2 cm³/mol. The monoisotopic (exact) mass is 341 g/mol. The number of alkyl halides is 4. The minimum Gasteiger partial charge on any atom is -0.371 e. The van der Waals surface area contributed by atoms with Crippen molar-refractivity contribution in [2.24, 2.45) is 0 Å². The Morgan fingerprint density at radius 2 is 1.83 bits per heavy atom. The molecule has 0 atom stereocenters. The summed E-state index contributed by atoms with van der Waals surface area (Å²) < 4.78 is 38.1. The van der Waals surface area contributed by atoms with E-state index in [2.05, 4.69) is 20.8 Å². The van der Waals surface area contributed by atoms with Crippen molar-refractivity contribution in [2.45, 2.75) is 24.4 Å². The van der Waals surface area contributed by atoms with Crippen LogP contribution in [0.15, 0.2) is 22.7 Å². The van der Waals surface area contributed by atoms with Gasteiger partial charge < -0.3 is 4.90 Å². The summed E-state index contributed by atoms with van der Waals surface area (Å²) in [6, 6.07) is 3.76. The highest BCUT2D eigenvalue weighted by molar-refractivity contribution is 9.10. The summed E-state index contributed by atoms with van der Waals surface area (Å²) in [5.41, 5.74) is 0.164. The highest BCUT2D eigenvalue weighted by Gasteiger charge is 2.31. The summed E-state index contributed by atoms with van der Waals surface area (Å²) in [4.78, 5) is 2.06. The number of benzene rings is 1. The molecule has 1 aromatic rings. The van der Waals surface area contributed by atoms with E-state index in [1.54, 1.807) is 0 Å². The fourth-order valence-electron chi connectivity index (χ4n) is 2.03. The Bertz CT molecular complexity index is 428. The molecule has 0 spiro atoms. The van der Waals surface area contributed by atoms with Gasteiger partial charge in [-0.3, -0.25) is 0 Å². The van der Waals surface area contributed by atoms with Crippen LogP contribution in [0.4, 0.5) is 18.9 Å². The molecule has 1 aromatic carbocycles. The minimum atomic E-state index is -4.30. The maximum Gasteiger partial charge on any atom is 0.416 e. The van der Waals surface area contributed by atoms with Crippen molar-refractivity contribution < 1.29 is 13.2 Å². The van der Waals surface area contributed by atoms with Crippen LogP contribution in [0, 0.1) is 0 Å². The fraction of sp³-hybridized carbons (Fsp3) is 0.500. The van der Waals surface area contributed by atoms with E-state index in [1.807, 2.05) is 0 Å². The van der Waals surface area contributed by atoms with Gasteiger partial charge in [0.05, 0.1) is 11.3 Å². The SMILES string of the molecule is FC(F)(F)c1ccc(N2CCC(Cl)CC2)c(Br)c1. The van der Waals surface area contributed by atoms with Gasteiger partial charge in [-0.05, 0) is 47.0 Å². The van der Waals surface area contributed by atoms with Gasteiger partial charge in [0.2, 0.25) is 0 Å². The first-order valence-electron chi connectivity index (χ1n) is 5.63. The Kier molecular flexibility index (Phi) is 4.11. The molecule has 0 amide bonds. The lowest BCUT2D eigenvalue weighted by Crippen LogP contribution is -2.34. The Morgan fingerprint density at radius 3 is 2.33 bits per heavy atom. The molecule has 1 aliphatic heterocycles. The maximum atomic E-state index is 12.5. The van der Waals surface area contributed by atoms with Gasteiger partial charge in [-0.25, -0.2) is 0 Å². The molecule has 2 rings (SSSR count). The van der Waals surface area contributed by atoms with Gasteiger partial charge >= 0.3 is 6.18 Å². The van der Waals surface area contributed by atoms with Gasteiger partial charge in [0.25, 0.3) is 0 Å². The largest absolute Gasteiger partial charge is 0.416 e. The first-order chi connectivity index (χ1) is 8.38. The number of hydrogen-bond donors (Lipinski definition) is 0. The molecular weight excluding hydrogens is 330 g/mol. The van der Waals surface area contributed by atoms with Crippen LogP contribution in [-0.2, 0) is 6.18 Å². The molecule has 0 radical (unpaired) electrons. The van der Waals surface area contributed by atoms with Crippen LogP contribution in [-0.4, -0.2) is 18.5 Å². The first-order valence-corrected chi connectivity index (χ1v) is 6.86. The van der Waals surface area contributed by atoms with E-state index < -0.39 is 11.7 Å². The van der Waals surface area contributed by atoms with Crippen molar-refractivity contribution in [2.75, 3.05) is 18.0 Å². The van der Waals surface area contributed by atoms with Gasteiger partial charge in [0, 0.05) is 22.9 Å². The molecular formula is C12H12BrClF3N. The van der Waals surface area contributed by atoms with Gasteiger partial charge in [-0.15, -0.1) is 11.6 Å². The number of hydrogen-bond acceptors (Lipinski definition) is 1. The summed E-state index contributed by atoms with van der Waals surface area (Å²) in [7, 11) is 0. The number of rotatable bonds is 1. The predicted octanol–water partition coefficient (Wildman–Crippen LogP) is 4.68. The Labute approximate surface area is 117 Å². The molecule has 0 N–H and O–H groups in total. The molecule has 1 nitrogen and oxygen atoms in total. The van der Waals surface area contributed by atoms with Crippen molar-refractivity contribution in [1.82, 2.24) is 0 Å². The summed E-state index contributed by atoms with van der Waals surface area (Å²) >= 11 is 9.22. The Hall–Kier alpha value is -0.420. The normalized spacial score (nSPS) is 18.2. The third-order valence-electron chi connectivity index (χ3n) is 3.04. The molecule has 0 saturated carbocycles. The smallest absolute Gasteiger partial charge is 0.371 e. The van der Waals surface area contributed by atoms with E-state index in [-0.39, 0.29) is 5.38 Å². The molecule has 1 aliphatic rings. The quantitative estimate of drug-likeness (QED) is 0.670. The fourth-order valence-corrected chi connectivity index (χ4v) is 2.85. The van der Waals surface area contributed by atoms with Crippen molar-refractivity contribution in [1.29, 1.82) is 0 Å². The lowest BCUT2D eigenvalue weighted by Gasteiger charge is -2.32. The van der Waals surface area contributed by atoms with E-state index in [0.717, 1.165) is 43.8 Å². The van der Waals surface area contributed by atoms with Crippen molar-refractivity contribution in [3.8, 4) is 0 Å². The second-order valence-electron chi connectivity index (χ2n) is 4.33. The zero-order chi connectivity index (χ0) is 13.3. The van der Waals surface area contributed by atoms with Crippen LogP contribution in [0.25, 0.3) is 0 Å². The summed E-state index contributed by atoms with van der Waals surface area (Å²) in [5.74, 6) is 0.